The molecule has 0 aromatic carbocycles. The van der Waals surface area contributed by atoms with E-state index in [4.69, 9.17) is 17.3 Å². The van der Waals surface area contributed by atoms with Crippen LogP contribution in [0.15, 0.2) is 0 Å². The zero-order valence-electron chi connectivity index (χ0n) is 10.4. The van der Waals surface area contributed by atoms with E-state index in [9.17, 15) is 13.2 Å². The highest BCUT2D eigenvalue weighted by Gasteiger charge is 2.27. The molecular weight excluding hydrogens is 276 g/mol. The van der Waals surface area contributed by atoms with E-state index >= 15 is 0 Å². The Labute approximate surface area is 113 Å². The van der Waals surface area contributed by atoms with Gasteiger partial charge in [0.1, 0.15) is 0 Å². The molecular formula is C11H21ClN2O3S. The van der Waals surface area contributed by atoms with E-state index in [1.165, 1.54) is 0 Å². The van der Waals surface area contributed by atoms with Gasteiger partial charge in [0, 0.05) is 17.8 Å². The summed E-state index contributed by atoms with van der Waals surface area (Å²) in [5, 5.41) is 0. The Morgan fingerprint density at radius 3 is 2.33 bits per heavy atom. The molecule has 0 heterocycles. The number of sulfonamides is 1. The van der Waals surface area contributed by atoms with E-state index < -0.39 is 10.0 Å². The fourth-order valence-corrected chi connectivity index (χ4v) is 3.83. The number of unbranched alkanes of at least 4 members (excludes halogenated alkanes) is 1. The van der Waals surface area contributed by atoms with E-state index in [1.54, 1.807) is 0 Å². The molecule has 0 radical (unpaired) electrons. The fraction of sp³-hybridized carbons (Fsp3) is 0.909. The van der Waals surface area contributed by atoms with E-state index in [1.807, 2.05) is 0 Å². The molecule has 106 valence electrons. The third kappa shape index (κ3) is 5.54. The van der Waals surface area contributed by atoms with Crippen LogP contribution in [-0.2, 0) is 14.8 Å². The molecule has 1 rings (SSSR count). The summed E-state index contributed by atoms with van der Waals surface area (Å²) < 4.78 is 26.2. The zero-order chi connectivity index (χ0) is 13.6. The van der Waals surface area contributed by atoms with Gasteiger partial charge in [-0.25, -0.2) is 13.1 Å². The van der Waals surface area contributed by atoms with Crippen LogP contribution in [0.4, 0.5) is 0 Å². The standard InChI is InChI=1S/C11H21ClN2O3S/c12-7-1-2-8-18(16,17)14-10-5-3-9(4-6-10)11(13)15/h9-10,14H,1-8H2,(H2,13,15). The van der Waals surface area contributed by atoms with Crippen LogP contribution in [0.25, 0.3) is 0 Å². The van der Waals surface area contributed by atoms with Gasteiger partial charge in [0.15, 0.2) is 0 Å². The topological polar surface area (TPSA) is 89.3 Å². The number of amides is 1. The normalized spacial score (nSPS) is 24.9. The van der Waals surface area contributed by atoms with Crippen LogP contribution in [0, 0.1) is 5.92 Å². The van der Waals surface area contributed by atoms with Gasteiger partial charge >= 0.3 is 0 Å². The Bertz CT molecular complexity index is 364. The maximum atomic E-state index is 11.7. The van der Waals surface area contributed by atoms with Crippen molar-refractivity contribution in [2.45, 2.75) is 44.6 Å². The first-order chi connectivity index (χ1) is 8.44. The van der Waals surface area contributed by atoms with Crippen LogP contribution in [0.5, 0.6) is 0 Å². The van der Waals surface area contributed by atoms with Crippen LogP contribution in [-0.4, -0.2) is 32.0 Å². The van der Waals surface area contributed by atoms with Crippen LogP contribution >= 0.6 is 11.6 Å². The minimum absolute atomic E-state index is 0.0541. The lowest BCUT2D eigenvalue weighted by Crippen LogP contribution is -2.40. The summed E-state index contributed by atoms with van der Waals surface area (Å²) in [6, 6.07) is -0.0541. The molecule has 3 N–H and O–H groups in total. The molecule has 18 heavy (non-hydrogen) atoms. The number of hydrogen-bond acceptors (Lipinski definition) is 3. The lowest BCUT2D eigenvalue weighted by atomic mass is 9.86. The predicted molar refractivity (Wildman–Crippen MR) is 71.8 cm³/mol. The van der Waals surface area contributed by atoms with Crippen molar-refractivity contribution < 1.29 is 13.2 Å². The van der Waals surface area contributed by atoms with Gasteiger partial charge in [-0.2, -0.15) is 0 Å². The average molecular weight is 297 g/mol. The lowest BCUT2D eigenvalue weighted by molar-refractivity contribution is -0.122. The Morgan fingerprint density at radius 2 is 1.83 bits per heavy atom. The van der Waals surface area contributed by atoms with Gasteiger partial charge in [0.05, 0.1) is 5.75 Å². The number of carbonyl (C=O) groups excluding carboxylic acids is 1. The quantitative estimate of drug-likeness (QED) is 0.542. The van der Waals surface area contributed by atoms with E-state index in [0.29, 0.717) is 44.4 Å². The number of primary amides is 1. The van der Waals surface area contributed by atoms with Gasteiger partial charge in [-0.15, -0.1) is 11.6 Å². The summed E-state index contributed by atoms with van der Waals surface area (Å²) in [5.74, 6) is 0.231. The third-order valence-electron chi connectivity index (χ3n) is 3.27. The number of nitrogens with two attached hydrogens (primary N) is 1. The molecule has 0 unspecified atom stereocenters. The molecule has 1 fully saturated rings. The number of alkyl halides is 1. The summed E-state index contributed by atoms with van der Waals surface area (Å²) in [6.45, 7) is 0. The second-order valence-corrected chi connectivity index (χ2v) is 7.04. The third-order valence-corrected chi connectivity index (χ3v) is 5.06. The Kier molecular flexibility index (Phi) is 6.38. The summed E-state index contributed by atoms with van der Waals surface area (Å²) in [6.07, 6.45) is 3.99. The lowest BCUT2D eigenvalue weighted by Gasteiger charge is -2.27. The van der Waals surface area contributed by atoms with Gasteiger partial charge in [-0.05, 0) is 38.5 Å². The van der Waals surface area contributed by atoms with Crippen molar-refractivity contribution in [3.63, 3.8) is 0 Å². The van der Waals surface area contributed by atoms with Gasteiger partial charge < -0.3 is 5.73 Å². The van der Waals surface area contributed by atoms with Crippen molar-refractivity contribution in [3.05, 3.63) is 0 Å². The van der Waals surface area contributed by atoms with E-state index in [2.05, 4.69) is 4.72 Å². The van der Waals surface area contributed by atoms with Gasteiger partial charge in [-0.3, -0.25) is 4.79 Å². The fourth-order valence-electron chi connectivity index (χ4n) is 2.20. The molecule has 0 aromatic heterocycles. The molecule has 0 saturated heterocycles. The Morgan fingerprint density at radius 1 is 1.22 bits per heavy atom. The van der Waals surface area contributed by atoms with Crippen molar-refractivity contribution in [1.82, 2.24) is 4.72 Å². The summed E-state index contributed by atoms with van der Waals surface area (Å²) >= 11 is 5.51. The molecule has 1 saturated carbocycles. The maximum Gasteiger partial charge on any atom is 0.220 e. The number of nitrogens with one attached hydrogen (secondary N) is 1. The SMILES string of the molecule is NC(=O)C1CCC(NS(=O)(=O)CCCCCl)CC1. The van der Waals surface area contributed by atoms with Gasteiger partial charge in [-0.1, -0.05) is 0 Å². The van der Waals surface area contributed by atoms with Gasteiger partial charge in [0.25, 0.3) is 0 Å². The number of hydrogen-bond donors (Lipinski definition) is 2. The molecule has 0 spiro atoms. The largest absolute Gasteiger partial charge is 0.369 e. The van der Waals surface area contributed by atoms with Crippen molar-refractivity contribution in [1.29, 1.82) is 0 Å². The summed E-state index contributed by atoms with van der Waals surface area (Å²) in [4.78, 5) is 11.0. The Balaban J connectivity index is 2.33. The van der Waals surface area contributed by atoms with Gasteiger partial charge in [0.2, 0.25) is 15.9 Å². The molecule has 0 aliphatic heterocycles. The molecule has 0 aromatic rings. The molecule has 1 amide bonds. The average Bonchev–Trinajstić information content (AvgIpc) is 2.29. The van der Waals surface area contributed by atoms with Crippen LogP contribution in [0.3, 0.4) is 0 Å². The maximum absolute atomic E-state index is 11.7. The molecule has 1 aliphatic rings. The van der Waals surface area contributed by atoms with Crippen molar-refractivity contribution in [2.24, 2.45) is 11.7 Å². The minimum atomic E-state index is -3.22. The zero-order valence-corrected chi connectivity index (χ0v) is 12.0. The molecule has 7 heteroatoms. The van der Waals surface area contributed by atoms with Crippen LogP contribution in [0.2, 0.25) is 0 Å². The highest BCUT2D eigenvalue weighted by Crippen LogP contribution is 2.24. The second-order valence-electron chi connectivity index (χ2n) is 4.78. The molecule has 1 aliphatic carbocycles. The highest BCUT2D eigenvalue weighted by atomic mass is 35.5. The number of rotatable bonds is 7. The first-order valence-corrected chi connectivity index (χ1v) is 8.48. The molecule has 5 nitrogen and oxygen atoms in total. The second kappa shape index (κ2) is 7.31. The van der Waals surface area contributed by atoms with E-state index in [-0.39, 0.29) is 23.6 Å². The van der Waals surface area contributed by atoms with Crippen LogP contribution < -0.4 is 10.5 Å². The number of carbonyl (C=O) groups is 1. The first-order valence-electron chi connectivity index (χ1n) is 6.30. The Hall–Kier alpha value is -0.330. The highest BCUT2D eigenvalue weighted by molar-refractivity contribution is 7.89. The summed E-state index contributed by atoms with van der Waals surface area (Å²) in [5.41, 5.74) is 5.23. The number of halogens is 1. The van der Waals surface area contributed by atoms with Crippen LogP contribution in [0.1, 0.15) is 38.5 Å². The first kappa shape index (κ1) is 15.7. The smallest absolute Gasteiger partial charge is 0.220 e. The van der Waals surface area contributed by atoms with E-state index in [0.717, 1.165) is 0 Å². The molecule has 0 atom stereocenters. The molecule has 0 bridgehead atoms. The van der Waals surface area contributed by atoms with Crippen molar-refractivity contribution in [2.75, 3.05) is 11.6 Å². The summed E-state index contributed by atoms with van der Waals surface area (Å²) in [7, 11) is -3.22. The van der Waals surface area contributed by atoms with Crippen molar-refractivity contribution >= 4 is 27.5 Å². The minimum Gasteiger partial charge on any atom is -0.369 e. The van der Waals surface area contributed by atoms with Crippen molar-refractivity contribution in [3.8, 4) is 0 Å². The predicted octanol–water partition coefficient (Wildman–Crippen LogP) is 0.969. The monoisotopic (exact) mass is 296 g/mol.